The smallest absolute Gasteiger partial charge is 0.273 e. The van der Waals surface area contributed by atoms with Crippen molar-refractivity contribution in [1.29, 1.82) is 5.26 Å². The van der Waals surface area contributed by atoms with Crippen LogP contribution in [0.2, 0.25) is 10.0 Å². The number of nitriles is 1. The van der Waals surface area contributed by atoms with Gasteiger partial charge in [0.2, 0.25) is 0 Å². The first-order valence-electron chi connectivity index (χ1n) is 5.76. The molecular weight excluding hydrogens is 315 g/mol. The van der Waals surface area contributed by atoms with Gasteiger partial charge in [-0.3, -0.25) is 10.1 Å². The van der Waals surface area contributed by atoms with Crippen LogP contribution in [0.4, 0.5) is 5.69 Å². The van der Waals surface area contributed by atoms with Gasteiger partial charge in [0.1, 0.15) is 12.4 Å². The molecule has 5 nitrogen and oxygen atoms in total. The molecule has 0 aliphatic carbocycles. The van der Waals surface area contributed by atoms with Crippen LogP contribution in [0.5, 0.6) is 5.75 Å². The van der Waals surface area contributed by atoms with Crippen LogP contribution < -0.4 is 4.74 Å². The van der Waals surface area contributed by atoms with Gasteiger partial charge in [-0.05, 0) is 18.2 Å². The molecule has 0 spiro atoms. The van der Waals surface area contributed by atoms with Crippen molar-refractivity contribution in [1.82, 2.24) is 0 Å². The Morgan fingerprint density at radius 1 is 1.19 bits per heavy atom. The fourth-order valence-corrected chi connectivity index (χ4v) is 2.01. The Kier molecular flexibility index (Phi) is 4.63. The van der Waals surface area contributed by atoms with Crippen LogP contribution in [0.25, 0.3) is 0 Å². The molecule has 2 aromatic rings. The summed E-state index contributed by atoms with van der Waals surface area (Å²) >= 11 is 12.0. The number of halogens is 2. The SMILES string of the molecule is N#Cc1ccc(COc2cc([N+](=O)[O-])ccc2Cl)c(Cl)c1. The highest BCUT2D eigenvalue weighted by atomic mass is 35.5. The highest BCUT2D eigenvalue weighted by Crippen LogP contribution is 2.30. The van der Waals surface area contributed by atoms with E-state index in [0.29, 0.717) is 16.1 Å². The van der Waals surface area contributed by atoms with E-state index in [1.807, 2.05) is 6.07 Å². The summed E-state index contributed by atoms with van der Waals surface area (Å²) in [6, 6.07) is 10.7. The third kappa shape index (κ3) is 3.63. The first-order valence-corrected chi connectivity index (χ1v) is 6.52. The molecule has 0 saturated heterocycles. The third-order valence-corrected chi connectivity index (χ3v) is 3.36. The average molecular weight is 323 g/mol. The summed E-state index contributed by atoms with van der Waals surface area (Å²) in [6.45, 7) is 0.0887. The molecule has 0 amide bonds. The highest BCUT2D eigenvalue weighted by Gasteiger charge is 2.11. The zero-order chi connectivity index (χ0) is 15.4. The topological polar surface area (TPSA) is 76.2 Å². The lowest BCUT2D eigenvalue weighted by molar-refractivity contribution is -0.384. The zero-order valence-electron chi connectivity index (χ0n) is 10.5. The van der Waals surface area contributed by atoms with E-state index in [4.69, 9.17) is 33.2 Å². The van der Waals surface area contributed by atoms with Gasteiger partial charge < -0.3 is 4.74 Å². The molecular formula is C14H8Cl2N2O3. The van der Waals surface area contributed by atoms with Gasteiger partial charge >= 0.3 is 0 Å². The van der Waals surface area contributed by atoms with Gasteiger partial charge in [0.15, 0.2) is 0 Å². The number of nitrogens with zero attached hydrogens (tertiary/aromatic N) is 2. The monoisotopic (exact) mass is 322 g/mol. The van der Waals surface area contributed by atoms with Crippen LogP contribution in [0.3, 0.4) is 0 Å². The molecule has 0 aliphatic rings. The predicted molar refractivity (Wildman–Crippen MR) is 78.6 cm³/mol. The zero-order valence-corrected chi connectivity index (χ0v) is 12.1. The Morgan fingerprint density at radius 2 is 1.95 bits per heavy atom. The van der Waals surface area contributed by atoms with E-state index < -0.39 is 4.92 Å². The maximum Gasteiger partial charge on any atom is 0.273 e. The predicted octanol–water partition coefficient (Wildman–Crippen LogP) is 4.35. The van der Waals surface area contributed by atoms with E-state index in [9.17, 15) is 10.1 Å². The second-order valence-electron chi connectivity index (χ2n) is 4.08. The number of hydrogen-bond donors (Lipinski definition) is 0. The van der Waals surface area contributed by atoms with Gasteiger partial charge in [0.25, 0.3) is 5.69 Å². The normalized spacial score (nSPS) is 9.95. The third-order valence-electron chi connectivity index (χ3n) is 2.69. The van der Waals surface area contributed by atoms with Crippen LogP contribution >= 0.6 is 23.2 Å². The Labute approximate surface area is 130 Å². The van der Waals surface area contributed by atoms with Crippen molar-refractivity contribution < 1.29 is 9.66 Å². The number of benzene rings is 2. The minimum Gasteiger partial charge on any atom is -0.487 e. The summed E-state index contributed by atoms with van der Waals surface area (Å²) in [5, 5.41) is 20.1. The lowest BCUT2D eigenvalue weighted by atomic mass is 10.1. The fourth-order valence-electron chi connectivity index (χ4n) is 1.61. The average Bonchev–Trinajstić information content (AvgIpc) is 2.47. The van der Waals surface area contributed by atoms with Crippen molar-refractivity contribution in [2.24, 2.45) is 0 Å². The van der Waals surface area contributed by atoms with Gasteiger partial charge in [0, 0.05) is 16.7 Å². The molecule has 106 valence electrons. The minimum atomic E-state index is -0.530. The van der Waals surface area contributed by atoms with Crippen LogP contribution in [0, 0.1) is 21.4 Å². The van der Waals surface area contributed by atoms with Crippen LogP contribution in [-0.2, 0) is 6.61 Å². The van der Waals surface area contributed by atoms with E-state index >= 15 is 0 Å². The Balaban J connectivity index is 2.18. The van der Waals surface area contributed by atoms with Crippen LogP contribution in [0.15, 0.2) is 36.4 Å². The van der Waals surface area contributed by atoms with E-state index in [-0.39, 0.29) is 23.1 Å². The van der Waals surface area contributed by atoms with E-state index in [2.05, 4.69) is 0 Å². The highest BCUT2D eigenvalue weighted by molar-refractivity contribution is 6.32. The molecule has 0 radical (unpaired) electrons. The Bertz CT molecular complexity index is 741. The number of nitro benzene ring substituents is 1. The largest absolute Gasteiger partial charge is 0.487 e. The Hall–Kier alpha value is -2.29. The van der Waals surface area contributed by atoms with E-state index in [1.54, 1.807) is 12.1 Å². The lowest BCUT2D eigenvalue weighted by Gasteiger charge is -2.09. The van der Waals surface area contributed by atoms with Gasteiger partial charge in [-0.25, -0.2) is 0 Å². The van der Waals surface area contributed by atoms with Crippen LogP contribution in [0.1, 0.15) is 11.1 Å². The van der Waals surface area contributed by atoms with Gasteiger partial charge in [-0.15, -0.1) is 0 Å². The summed E-state index contributed by atoms with van der Waals surface area (Å²) in [4.78, 5) is 10.2. The molecule has 7 heteroatoms. The van der Waals surface area contributed by atoms with Crippen molar-refractivity contribution in [3.63, 3.8) is 0 Å². The second-order valence-corrected chi connectivity index (χ2v) is 4.89. The molecule has 2 aromatic carbocycles. The van der Waals surface area contributed by atoms with E-state index in [0.717, 1.165) is 0 Å². The molecule has 0 atom stereocenters. The quantitative estimate of drug-likeness (QED) is 0.619. The minimum absolute atomic E-state index is 0.0887. The van der Waals surface area contributed by atoms with Gasteiger partial charge in [-0.2, -0.15) is 5.26 Å². The molecule has 0 aromatic heterocycles. The van der Waals surface area contributed by atoms with Gasteiger partial charge in [-0.1, -0.05) is 29.3 Å². The summed E-state index contributed by atoms with van der Waals surface area (Å²) < 4.78 is 5.46. The number of ether oxygens (including phenoxy) is 1. The molecule has 0 N–H and O–H groups in total. The first-order chi connectivity index (χ1) is 10.0. The van der Waals surface area contributed by atoms with Crippen molar-refractivity contribution in [3.05, 3.63) is 67.7 Å². The lowest BCUT2D eigenvalue weighted by Crippen LogP contribution is -1.98. The standard InChI is InChI=1S/C14H8Cl2N2O3/c15-12-4-3-11(18(19)20)6-14(12)21-8-10-2-1-9(7-17)5-13(10)16/h1-6H,8H2. The summed E-state index contributed by atoms with van der Waals surface area (Å²) in [7, 11) is 0. The summed E-state index contributed by atoms with van der Waals surface area (Å²) in [5.41, 5.74) is 0.982. The van der Waals surface area contributed by atoms with E-state index in [1.165, 1.54) is 24.3 Å². The molecule has 0 heterocycles. The van der Waals surface area contributed by atoms with Gasteiger partial charge in [0.05, 0.1) is 27.6 Å². The molecule has 0 unspecified atom stereocenters. The molecule has 21 heavy (non-hydrogen) atoms. The molecule has 0 fully saturated rings. The molecule has 0 bridgehead atoms. The number of rotatable bonds is 4. The number of non-ortho nitro benzene ring substituents is 1. The number of nitro groups is 1. The first kappa shape index (κ1) is 15.1. The molecule has 2 rings (SSSR count). The fraction of sp³-hybridized carbons (Fsp3) is 0.0714. The second kappa shape index (κ2) is 6.44. The summed E-state index contributed by atoms with van der Waals surface area (Å²) in [6.07, 6.45) is 0. The van der Waals surface area contributed by atoms with Crippen molar-refractivity contribution in [2.45, 2.75) is 6.61 Å². The van der Waals surface area contributed by atoms with Crippen molar-refractivity contribution in [3.8, 4) is 11.8 Å². The van der Waals surface area contributed by atoms with Crippen molar-refractivity contribution in [2.75, 3.05) is 0 Å². The summed E-state index contributed by atoms with van der Waals surface area (Å²) in [5.74, 6) is 0.200. The number of hydrogen-bond acceptors (Lipinski definition) is 4. The molecule has 0 saturated carbocycles. The maximum atomic E-state index is 10.7. The van der Waals surface area contributed by atoms with Crippen LogP contribution in [-0.4, -0.2) is 4.92 Å². The maximum absolute atomic E-state index is 10.7. The molecule has 0 aliphatic heterocycles. The van der Waals surface area contributed by atoms with Crippen molar-refractivity contribution >= 4 is 28.9 Å². The Morgan fingerprint density at radius 3 is 2.57 bits per heavy atom.